The third kappa shape index (κ3) is 10.9. The Kier molecular flexibility index (Phi) is 13.3. The van der Waals surface area contributed by atoms with Crippen molar-refractivity contribution in [3.05, 3.63) is 95.6 Å². The first-order valence-corrected chi connectivity index (χ1v) is 11.0. The maximum absolute atomic E-state index is 10.8. The fourth-order valence-corrected chi connectivity index (χ4v) is 2.81. The van der Waals surface area contributed by atoms with Crippen LogP contribution in [0.25, 0.3) is 22.8 Å². The van der Waals surface area contributed by atoms with Crippen LogP contribution in [0.5, 0.6) is 0 Å². The largest absolute Gasteiger partial charge is 0.478 e. The van der Waals surface area contributed by atoms with Crippen LogP contribution in [0.2, 0.25) is 0 Å². The van der Waals surface area contributed by atoms with E-state index in [2.05, 4.69) is 19.9 Å². The molecule has 17 heteroatoms. The molecule has 43 heavy (non-hydrogen) atoms. The van der Waals surface area contributed by atoms with Crippen LogP contribution in [0, 0.1) is 0 Å². The predicted molar refractivity (Wildman–Crippen MR) is 138 cm³/mol. The predicted octanol–water partition coefficient (Wildman–Crippen LogP) is 2.23. The van der Waals surface area contributed by atoms with Gasteiger partial charge in [0.05, 0.1) is 45.0 Å². The minimum Gasteiger partial charge on any atom is -0.478 e. The minimum atomic E-state index is -1.82. The Labute approximate surface area is 252 Å². The maximum Gasteiger partial charge on any atom is 0.414 e. The molecular formula is C26H18N4O12Ru. The molecule has 0 spiro atoms. The number of aromatic nitrogens is 4. The van der Waals surface area contributed by atoms with Crippen LogP contribution in [0.15, 0.2) is 73.3 Å². The summed E-state index contributed by atoms with van der Waals surface area (Å²) in [7, 11) is 0. The Morgan fingerprint density at radius 1 is 0.395 bits per heavy atom. The minimum absolute atomic E-state index is 0. The number of carbonyl (C=O) groups is 6. The molecule has 0 atom stereocenters. The zero-order valence-corrected chi connectivity index (χ0v) is 22.9. The van der Waals surface area contributed by atoms with Crippen LogP contribution in [-0.4, -0.2) is 86.4 Å². The molecule has 0 aromatic carbocycles. The fraction of sp³-hybridized carbons (Fsp3) is 0. The molecule has 0 saturated carbocycles. The molecule has 0 aliphatic carbocycles. The second-order valence-electron chi connectivity index (χ2n) is 7.55. The quantitative estimate of drug-likeness (QED) is 0.126. The number of carboxylic acids is 6. The summed E-state index contributed by atoms with van der Waals surface area (Å²) in [5, 5.41) is 50.2. The third-order valence-corrected chi connectivity index (χ3v) is 4.74. The first-order chi connectivity index (χ1) is 19.8. The smallest absolute Gasteiger partial charge is 0.414 e. The molecule has 0 bridgehead atoms. The van der Waals surface area contributed by atoms with Gasteiger partial charge in [-0.05, 0) is 48.5 Å². The van der Waals surface area contributed by atoms with Crippen molar-refractivity contribution in [3.63, 3.8) is 0 Å². The monoisotopic (exact) mass is 680 g/mol. The second kappa shape index (κ2) is 16.3. The van der Waals surface area contributed by atoms with Crippen molar-refractivity contribution in [2.24, 2.45) is 0 Å². The van der Waals surface area contributed by atoms with E-state index >= 15 is 0 Å². The molecule has 4 rings (SSSR count). The Hall–Kier alpha value is -5.96. The van der Waals surface area contributed by atoms with Crippen LogP contribution >= 0.6 is 0 Å². The van der Waals surface area contributed by atoms with Crippen molar-refractivity contribution >= 4 is 35.8 Å². The Morgan fingerprint density at radius 2 is 0.581 bits per heavy atom. The van der Waals surface area contributed by atoms with Crippen LogP contribution in [-0.2, 0) is 29.1 Å². The van der Waals surface area contributed by atoms with E-state index in [0.29, 0.717) is 22.8 Å². The number of rotatable bonds is 6. The maximum atomic E-state index is 10.8. The second-order valence-corrected chi connectivity index (χ2v) is 7.55. The van der Waals surface area contributed by atoms with Gasteiger partial charge in [0.1, 0.15) is 0 Å². The molecule has 16 nitrogen and oxygen atoms in total. The molecule has 4 aromatic rings. The zero-order chi connectivity index (χ0) is 31.4. The van der Waals surface area contributed by atoms with Crippen LogP contribution in [0.1, 0.15) is 41.4 Å². The number of nitrogens with zero attached hydrogens (tertiary/aromatic N) is 4. The van der Waals surface area contributed by atoms with Crippen LogP contribution < -0.4 is 0 Å². The van der Waals surface area contributed by atoms with Crippen molar-refractivity contribution in [2.75, 3.05) is 0 Å². The molecule has 4 aromatic heterocycles. The molecule has 0 radical (unpaired) electrons. The van der Waals surface area contributed by atoms with E-state index < -0.39 is 35.8 Å². The standard InChI is InChI=1S/2C12H8N2O4.C2H2O4.Ru/c2*15-11(16)7-1-3-13-9(5-7)10-6-8(12(17)18)2-4-14-10;3-1(4)2(5)6;/h2*1-6H,(H,15,16)(H,17,18);(H,3,4)(H,5,6);. The van der Waals surface area contributed by atoms with Gasteiger partial charge in [-0.15, -0.1) is 0 Å². The summed E-state index contributed by atoms with van der Waals surface area (Å²) in [6, 6.07) is 10.8. The van der Waals surface area contributed by atoms with Gasteiger partial charge in [0.25, 0.3) is 0 Å². The number of pyridine rings is 4. The van der Waals surface area contributed by atoms with Crippen LogP contribution in [0.3, 0.4) is 0 Å². The average Bonchev–Trinajstić information content (AvgIpc) is 2.98. The van der Waals surface area contributed by atoms with E-state index in [9.17, 15) is 19.2 Å². The molecular weight excluding hydrogens is 661 g/mol. The summed E-state index contributed by atoms with van der Waals surface area (Å²) in [5.74, 6) is -7.95. The summed E-state index contributed by atoms with van der Waals surface area (Å²) in [6.45, 7) is 0. The van der Waals surface area contributed by atoms with Crippen molar-refractivity contribution in [1.29, 1.82) is 0 Å². The molecule has 0 unspecified atom stereocenters. The normalized spacial score (nSPS) is 9.40. The van der Waals surface area contributed by atoms with Gasteiger partial charge in [-0.25, -0.2) is 28.8 Å². The van der Waals surface area contributed by atoms with Gasteiger partial charge in [0.15, 0.2) is 0 Å². The van der Waals surface area contributed by atoms with Crippen LogP contribution in [0.4, 0.5) is 0 Å². The summed E-state index contributed by atoms with van der Waals surface area (Å²) in [6.07, 6.45) is 5.36. The average molecular weight is 680 g/mol. The van der Waals surface area contributed by atoms with E-state index in [0.717, 1.165) is 0 Å². The van der Waals surface area contributed by atoms with E-state index in [4.69, 9.17) is 40.2 Å². The fourth-order valence-electron chi connectivity index (χ4n) is 2.81. The van der Waals surface area contributed by atoms with Crippen molar-refractivity contribution in [2.45, 2.75) is 0 Å². The van der Waals surface area contributed by atoms with Crippen molar-refractivity contribution in [3.8, 4) is 22.8 Å². The van der Waals surface area contributed by atoms with Gasteiger partial charge in [-0.3, -0.25) is 19.9 Å². The molecule has 0 fully saturated rings. The van der Waals surface area contributed by atoms with Gasteiger partial charge in [0.2, 0.25) is 0 Å². The SMILES string of the molecule is O=C(O)C(=O)O.O=C(O)c1ccnc(-c2cc(C(=O)O)ccn2)c1.O=C(O)c1ccnc(-c2cc(C(=O)O)ccn2)c1.[Ru]. The first kappa shape index (κ1) is 35.1. The van der Waals surface area contributed by atoms with Gasteiger partial charge >= 0.3 is 35.8 Å². The number of hydrogen-bond acceptors (Lipinski definition) is 10. The summed E-state index contributed by atoms with van der Waals surface area (Å²) < 4.78 is 0. The van der Waals surface area contributed by atoms with E-state index in [1.807, 2.05) is 0 Å². The van der Waals surface area contributed by atoms with E-state index in [1.165, 1.54) is 73.3 Å². The summed E-state index contributed by atoms with van der Waals surface area (Å²) >= 11 is 0. The van der Waals surface area contributed by atoms with Gasteiger partial charge in [-0.2, -0.15) is 0 Å². The summed E-state index contributed by atoms with van der Waals surface area (Å²) in [4.78, 5) is 77.4. The number of aliphatic carboxylic acids is 2. The topological polar surface area (TPSA) is 275 Å². The van der Waals surface area contributed by atoms with Crippen molar-refractivity contribution in [1.82, 2.24) is 19.9 Å². The first-order valence-electron chi connectivity index (χ1n) is 11.0. The number of aromatic carboxylic acids is 4. The summed E-state index contributed by atoms with van der Waals surface area (Å²) in [5.41, 5.74) is 1.56. The molecule has 0 aliphatic heterocycles. The molecule has 6 N–H and O–H groups in total. The van der Waals surface area contributed by atoms with Gasteiger partial charge in [-0.1, -0.05) is 0 Å². The Balaban J connectivity index is 0.000000356. The van der Waals surface area contributed by atoms with Gasteiger partial charge < -0.3 is 30.6 Å². The molecule has 0 saturated heterocycles. The van der Waals surface area contributed by atoms with Crippen molar-refractivity contribution < 1.29 is 78.9 Å². The number of carboxylic acid groups (broad SMARTS) is 6. The molecule has 0 amide bonds. The third-order valence-electron chi connectivity index (χ3n) is 4.74. The van der Waals surface area contributed by atoms with Gasteiger partial charge in [0, 0.05) is 44.3 Å². The van der Waals surface area contributed by atoms with E-state index in [1.54, 1.807) is 0 Å². The molecule has 0 aliphatic rings. The Bertz CT molecular complexity index is 1450. The molecule has 4 heterocycles. The Morgan fingerprint density at radius 3 is 0.721 bits per heavy atom. The van der Waals surface area contributed by atoms with E-state index in [-0.39, 0.29) is 41.7 Å². The zero-order valence-electron chi connectivity index (χ0n) is 21.2. The molecule has 222 valence electrons. The number of hydrogen-bond donors (Lipinski definition) is 6.